The molecule has 0 aliphatic rings. The smallest absolute Gasteiger partial charge is 0.162 e. The molecular formula is C14H22O2. The van der Waals surface area contributed by atoms with Crippen LogP contribution in [0.3, 0.4) is 0 Å². The summed E-state index contributed by atoms with van der Waals surface area (Å²) in [5.74, 6) is -1.19. The summed E-state index contributed by atoms with van der Waals surface area (Å²) in [4.78, 5) is 0. The van der Waals surface area contributed by atoms with Gasteiger partial charge in [0.1, 0.15) is 0 Å². The van der Waals surface area contributed by atoms with E-state index in [9.17, 15) is 10.2 Å². The van der Waals surface area contributed by atoms with Crippen LogP contribution in [0.2, 0.25) is 0 Å². The Morgan fingerprint density at radius 3 is 2.31 bits per heavy atom. The first-order chi connectivity index (χ1) is 7.49. The quantitative estimate of drug-likeness (QED) is 0.727. The molecule has 0 aliphatic carbocycles. The minimum atomic E-state index is -1.50. The molecule has 0 atom stereocenters. The van der Waals surface area contributed by atoms with Gasteiger partial charge in [-0.05, 0) is 24.3 Å². The van der Waals surface area contributed by atoms with Crippen molar-refractivity contribution in [1.82, 2.24) is 0 Å². The molecule has 0 aliphatic heterocycles. The predicted molar refractivity (Wildman–Crippen MR) is 66.0 cm³/mol. The standard InChI is InChI=1S/C14H22O2/c1-12(2)11-14(15,16)10-6-9-13-7-4-3-5-8-13/h3-5,7-8,12,15-16H,6,9-11H2,1-2H3. The molecule has 1 rings (SSSR count). The zero-order valence-electron chi connectivity index (χ0n) is 10.2. The first-order valence-corrected chi connectivity index (χ1v) is 5.98. The summed E-state index contributed by atoms with van der Waals surface area (Å²) in [5.41, 5.74) is 1.25. The lowest BCUT2D eigenvalue weighted by molar-refractivity contribution is -0.177. The molecule has 2 heteroatoms. The molecular weight excluding hydrogens is 200 g/mol. The number of hydrogen-bond acceptors (Lipinski definition) is 2. The number of aliphatic hydroxyl groups is 2. The molecule has 0 radical (unpaired) electrons. The molecule has 0 aromatic heterocycles. The summed E-state index contributed by atoms with van der Waals surface area (Å²) >= 11 is 0. The van der Waals surface area contributed by atoms with E-state index in [-0.39, 0.29) is 0 Å². The molecule has 1 aromatic rings. The van der Waals surface area contributed by atoms with Crippen molar-refractivity contribution in [3.63, 3.8) is 0 Å². The fraction of sp³-hybridized carbons (Fsp3) is 0.571. The molecule has 0 saturated carbocycles. The molecule has 2 nitrogen and oxygen atoms in total. The zero-order valence-corrected chi connectivity index (χ0v) is 10.2. The van der Waals surface area contributed by atoms with Crippen molar-refractivity contribution >= 4 is 0 Å². The maximum atomic E-state index is 9.72. The highest BCUT2D eigenvalue weighted by Crippen LogP contribution is 2.20. The van der Waals surface area contributed by atoms with Crippen molar-refractivity contribution in [2.24, 2.45) is 5.92 Å². The third-order valence-corrected chi connectivity index (χ3v) is 2.62. The van der Waals surface area contributed by atoms with Crippen molar-refractivity contribution in [2.75, 3.05) is 0 Å². The molecule has 16 heavy (non-hydrogen) atoms. The van der Waals surface area contributed by atoms with Gasteiger partial charge in [-0.2, -0.15) is 0 Å². The lowest BCUT2D eigenvalue weighted by atomic mass is 9.97. The highest BCUT2D eigenvalue weighted by Gasteiger charge is 2.23. The first kappa shape index (κ1) is 13.2. The third kappa shape index (κ3) is 5.29. The van der Waals surface area contributed by atoms with Crippen LogP contribution in [0.4, 0.5) is 0 Å². The summed E-state index contributed by atoms with van der Waals surface area (Å²) in [5, 5.41) is 19.4. The van der Waals surface area contributed by atoms with E-state index in [0.29, 0.717) is 18.8 Å². The Morgan fingerprint density at radius 2 is 1.75 bits per heavy atom. The Morgan fingerprint density at radius 1 is 1.12 bits per heavy atom. The Balaban J connectivity index is 2.30. The highest BCUT2D eigenvalue weighted by atomic mass is 16.5. The van der Waals surface area contributed by atoms with Crippen molar-refractivity contribution < 1.29 is 10.2 Å². The predicted octanol–water partition coefficient (Wildman–Crippen LogP) is 2.74. The third-order valence-electron chi connectivity index (χ3n) is 2.62. The summed E-state index contributed by atoms with van der Waals surface area (Å²) in [6, 6.07) is 10.1. The second-order valence-corrected chi connectivity index (χ2v) is 4.92. The van der Waals surface area contributed by atoms with Gasteiger partial charge < -0.3 is 10.2 Å². The average molecular weight is 222 g/mol. The van der Waals surface area contributed by atoms with Crippen LogP contribution in [0, 0.1) is 5.92 Å². The minimum absolute atomic E-state index is 0.312. The Hall–Kier alpha value is -0.860. The Kier molecular flexibility index (Phi) is 4.97. The topological polar surface area (TPSA) is 40.5 Å². The van der Waals surface area contributed by atoms with Gasteiger partial charge in [0.15, 0.2) is 5.79 Å². The van der Waals surface area contributed by atoms with Gasteiger partial charge in [-0.3, -0.25) is 0 Å². The van der Waals surface area contributed by atoms with Crippen molar-refractivity contribution in [3.8, 4) is 0 Å². The van der Waals surface area contributed by atoms with E-state index in [1.807, 2.05) is 32.0 Å². The Bertz CT molecular complexity index is 291. The van der Waals surface area contributed by atoms with Gasteiger partial charge in [0.2, 0.25) is 0 Å². The van der Waals surface area contributed by atoms with Gasteiger partial charge in [0.05, 0.1) is 0 Å². The van der Waals surface area contributed by atoms with Crippen molar-refractivity contribution in [1.29, 1.82) is 0 Å². The molecule has 2 N–H and O–H groups in total. The van der Waals surface area contributed by atoms with E-state index in [2.05, 4.69) is 12.1 Å². The lowest BCUT2D eigenvalue weighted by Crippen LogP contribution is -2.29. The van der Waals surface area contributed by atoms with Crippen molar-refractivity contribution in [3.05, 3.63) is 35.9 Å². The zero-order chi connectivity index (χ0) is 12.0. The van der Waals surface area contributed by atoms with E-state index in [0.717, 1.165) is 12.8 Å². The Labute approximate surface area is 97.9 Å². The van der Waals surface area contributed by atoms with E-state index >= 15 is 0 Å². The monoisotopic (exact) mass is 222 g/mol. The van der Waals surface area contributed by atoms with Gasteiger partial charge in [0, 0.05) is 12.8 Å². The largest absolute Gasteiger partial charge is 0.366 e. The molecule has 0 amide bonds. The van der Waals surface area contributed by atoms with Gasteiger partial charge in [-0.1, -0.05) is 44.2 Å². The van der Waals surface area contributed by atoms with Crippen LogP contribution >= 0.6 is 0 Å². The maximum Gasteiger partial charge on any atom is 0.162 e. The summed E-state index contributed by atoms with van der Waals surface area (Å²) in [6.07, 6.45) is 2.60. The summed E-state index contributed by atoms with van der Waals surface area (Å²) in [6.45, 7) is 4.00. The van der Waals surface area contributed by atoms with Crippen LogP contribution in [-0.4, -0.2) is 16.0 Å². The molecule has 0 fully saturated rings. The van der Waals surface area contributed by atoms with E-state index < -0.39 is 5.79 Å². The number of hydrogen-bond donors (Lipinski definition) is 2. The van der Waals surface area contributed by atoms with Gasteiger partial charge in [-0.15, -0.1) is 0 Å². The van der Waals surface area contributed by atoms with Gasteiger partial charge in [-0.25, -0.2) is 0 Å². The fourth-order valence-corrected chi connectivity index (χ4v) is 1.98. The van der Waals surface area contributed by atoms with Crippen molar-refractivity contribution in [2.45, 2.75) is 45.3 Å². The second kappa shape index (κ2) is 6.02. The molecule has 0 spiro atoms. The van der Waals surface area contributed by atoms with Crippen LogP contribution < -0.4 is 0 Å². The average Bonchev–Trinajstić information content (AvgIpc) is 2.16. The number of aryl methyl sites for hydroxylation is 1. The molecule has 90 valence electrons. The van der Waals surface area contributed by atoms with Crippen LogP contribution in [0.15, 0.2) is 30.3 Å². The van der Waals surface area contributed by atoms with Gasteiger partial charge >= 0.3 is 0 Å². The maximum absolute atomic E-state index is 9.72. The van der Waals surface area contributed by atoms with Crippen LogP contribution in [0.1, 0.15) is 38.7 Å². The van der Waals surface area contributed by atoms with Gasteiger partial charge in [0.25, 0.3) is 0 Å². The lowest BCUT2D eigenvalue weighted by Gasteiger charge is -2.23. The second-order valence-electron chi connectivity index (χ2n) is 4.92. The molecule has 0 bridgehead atoms. The SMILES string of the molecule is CC(C)CC(O)(O)CCCc1ccccc1. The molecule has 1 aromatic carbocycles. The molecule has 0 heterocycles. The summed E-state index contributed by atoms with van der Waals surface area (Å²) < 4.78 is 0. The van der Waals surface area contributed by atoms with E-state index in [1.165, 1.54) is 5.56 Å². The fourth-order valence-electron chi connectivity index (χ4n) is 1.98. The van der Waals surface area contributed by atoms with Crippen LogP contribution in [0.25, 0.3) is 0 Å². The van der Waals surface area contributed by atoms with Crippen LogP contribution in [-0.2, 0) is 6.42 Å². The highest BCUT2D eigenvalue weighted by molar-refractivity contribution is 5.14. The first-order valence-electron chi connectivity index (χ1n) is 5.98. The molecule has 0 unspecified atom stereocenters. The molecule has 0 saturated heterocycles. The van der Waals surface area contributed by atoms with E-state index in [1.54, 1.807) is 0 Å². The van der Waals surface area contributed by atoms with E-state index in [4.69, 9.17) is 0 Å². The number of rotatable bonds is 6. The number of benzene rings is 1. The van der Waals surface area contributed by atoms with Crippen LogP contribution in [0.5, 0.6) is 0 Å². The normalized spacial score (nSPS) is 12.1. The minimum Gasteiger partial charge on any atom is -0.366 e. The summed E-state index contributed by atoms with van der Waals surface area (Å²) in [7, 11) is 0.